The molecule has 3 aromatic rings. The van der Waals surface area contributed by atoms with Crippen LogP contribution in [0.3, 0.4) is 0 Å². The van der Waals surface area contributed by atoms with E-state index in [0.29, 0.717) is 0 Å². The molecule has 0 unspecified atom stereocenters. The van der Waals surface area contributed by atoms with Crippen LogP contribution >= 0.6 is 0 Å². The van der Waals surface area contributed by atoms with Crippen LogP contribution in [0.1, 0.15) is 0 Å². The lowest BCUT2D eigenvalue weighted by molar-refractivity contribution is 0.412. The molecule has 16 heavy (non-hydrogen) atoms. The summed E-state index contributed by atoms with van der Waals surface area (Å²) < 4.78 is 12.4. The molecule has 0 fully saturated rings. The Hall–Kier alpha value is -2.23. The van der Waals surface area contributed by atoms with Gasteiger partial charge in [-0.05, 0) is 24.3 Å². The number of hydrogen-bond acceptors (Lipinski definition) is 3. The fourth-order valence-corrected chi connectivity index (χ4v) is 1.64. The second-order valence-corrected chi connectivity index (χ2v) is 3.44. The molecule has 0 saturated heterocycles. The van der Waals surface area contributed by atoms with Crippen molar-refractivity contribution >= 4 is 5.65 Å². The van der Waals surface area contributed by atoms with Gasteiger partial charge in [0, 0.05) is 6.20 Å². The Labute approximate surface area is 92.1 Å². The third-order valence-corrected chi connectivity index (χ3v) is 2.43. The zero-order valence-corrected chi connectivity index (χ0v) is 8.75. The Kier molecular flexibility index (Phi) is 1.93. The standard InChI is InChI=1S/C12H10N2O2/c1-15-9-4-5-12-13-10(8-14(12)7-9)11-3-2-6-16-11/h2-8H,1H3. The minimum Gasteiger partial charge on any atom is -0.495 e. The van der Waals surface area contributed by atoms with E-state index < -0.39 is 0 Å². The lowest BCUT2D eigenvalue weighted by atomic mass is 10.4. The van der Waals surface area contributed by atoms with E-state index in [9.17, 15) is 0 Å². The van der Waals surface area contributed by atoms with Crippen molar-refractivity contribution < 1.29 is 9.15 Å². The number of aromatic nitrogens is 2. The van der Waals surface area contributed by atoms with E-state index in [2.05, 4.69) is 4.98 Å². The highest BCUT2D eigenvalue weighted by molar-refractivity contribution is 5.57. The molecule has 0 radical (unpaired) electrons. The number of furan rings is 1. The number of hydrogen-bond donors (Lipinski definition) is 0. The Balaban J connectivity index is 2.16. The van der Waals surface area contributed by atoms with Gasteiger partial charge in [-0.1, -0.05) is 0 Å². The first-order valence-corrected chi connectivity index (χ1v) is 4.93. The third kappa shape index (κ3) is 1.35. The van der Waals surface area contributed by atoms with Crippen molar-refractivity contribution in [3.8, 4) is 17.2 Å². The molecule has 4 heteroatoms. The van der Waals surface area contributed by atoms with Gasteiger partial charge in [-0.2, -0.15) is 0 Å². The Morgan fingerprint density at radius 2 is 2.19 bits per heavy atom. The summed E-state index contributed by atoms with van der Waals surface area (Å²) in [4.78, 5) is 4.44. The Morgan fingerprint density at radius 3 is 2.94 bits per heavy atom. The molecule has 0 amide bonds. The molecule has 80 valence electrons. The van der Waals surface area contributed by atoms with Crippen LogP contribution in [0.2, 0.25) is 0 Å². The molecule has 0 saturated carbocycles. The van der Waals surface area contributed by atoms with Gasteiger partial charge in [0.15, 0.2) is 5.76 Å². The number of nitrogens with zero attached hydrogens (tertiary/aromatic N) is 2. The second-order valence-electron chi connectivity index (χ2n) is 3.44. The van der Waals surface area contributed by atoms with Gasteiger partial charge < -0.3 is 13.6 Å². The molecule has 0 spiro atoms. The Morgan fingerprint density at radius 1 is 1.25 bits per heavy atom. The van der Waals surface area contributed by atoms with Crippen LogP contribution in [-0.2, 0) is 0 Å². The fraction of sp³-hybridized carbons (Fsp3) is 0.0833. The van der Waals surface area contributed by atoms with E-state index in [4.69, 9.17) is 9.15 Å². The van der Waals surface area contributed by atoms with Crippen LogP contribution in [-0.4, -0.2) is 16.5 Å². The summed E-state index contributed by atoms with van der Waals surface area (Å²) >= 11 is 0. The first-order valence-electron chi connectivity index (χ1n) is 4.93. The van der Waals surface area contributed by atoms with E-state index in [1.165, 1.54) is 0 Å². The van der Waals surface area contributed by atoms with Gasteiger partial charge in [0.1, 0.15) is 17.1 Å². The van der Waals surface area contributed by atoms with Gasteiger partial charge in [0.2, 0.25) is 0 Å². The topological polar surface area (TPSA) is 39.7 Å². The highest BCUT2D eigenvalue weighted by Gasteiger charge is 2.06. The van der Waals surface area contributed by atoms with Gasteiger partial charge in [0.05, 0.1) is 19.6 Å². The van der Waals surface area contributed by atoms with E-state index >= 15 is 0 Å². The first kappa shape index (κ1) is 9.03. The average molecular weight is 214 g/mol. The van der Waals surface area contributed by atoms with Crippen molar-refractivity contribution in [2.24, 2.45) is 0 Å². The highest BCUT2D eigenvalue weighted by Crippen LogP contribution is 2.21. The molecule has 0 N–H and O–H groups in total. The molecule has 0 atom stereocenters. The van der Waals surface area contributed by atoms with Gasteiger partial charge in [-0.15, -0.1) is 0 Å². The molecular weight excluding hydrogens is 204 g/mol. The molecule has 0 aliphatic heterocycles. The van der Waals surface area contributed by atoms with E-state index in [0.717, 1.165) is 22.9 Å². The number of rotatable bonds is 2. The van der Waals surface area contributed by atoms with Crippen LogP contribution in [0, 0.1) is 0 Å². The summed E-state index contributed by atoms with van der Waals surface area (Å²) in [5.41, 5.74) is 1.69. The molecule has 0 aromatic carbocycles. The van der Waals surface area contributed by atoms with Crippen LogP contribution in [0.25, 0.3) is 17.1 Å². The molecular formula is C12H10N2O2. The van der Waals surface area contributed by atoms with Crippen molar-refractivity contribution in [3.63, 3.8) is 0 Å². The van der Waals surface area contributed by atoms with E-state index in [1.54, 1.807) is 13.4 Å². The maximum atomic E-state index is 5.30. The molecule has 0 bridgehead atoms. The van der Waals surface area contributed by atoms with Crippen LogP contribution in [0.5, 0.6) is 5.75 Å². The lowest BCUT2D eigenvalue weighted by Gasteiger charge is -1.98. The van der Waals surface area contributed by atoms with E-state index in [1.807, 2.05) is 41.1 Å². The predicted octanol–water partition coefficient (Wildman–Crippen LogP) is 2.60. The number of pyridine rings is 1. The normalized spacial score (nSPS) is 10.8. The molecule has 3 rings (SSSR count). The number of imidazole rings is 1. The second kappa shape index (κ2) is 3.41. The molecule has 4 nitrogen and oxygen atoms in total. The zero-order chi connectivity index (χ0) is 11.0. The van der Waals surface area contributed by atoms with Crippen LogP contribution < -0.4 is 4.74 Å². The molecule has 0 aliphatic rings. The minimum absolute atomic E-state index is 0.766. The third-order valence-electron chi connectivity index (χ3n) is 2.43. The maximum Gasteiger partial charge on any atom is 0.153 e. The van der Waals surface area contributed by atoms with Crippen LogP contribution in [0.4, 0.5) is 0 Å². The van der Waals surface area contributed by atoms with Gasteiger partial charge in [-0.25, -0.2) is 4.98 Å². The molecule has 0 aliphatic carbocycles. The molecule has 3 aromatic heterocycles. The smallest absolute Gasteiger partial charge is 0.153 e. The summed E-state index contributed by atoms with van der Waals surface area (Å²) in [6.45, 7) is 0. The highest BCUT2D eigenvalue weighted by atomic mass is 16.5. The quantitative estimate of drug-likeness (QED) is 0.658. The van der Waals surface area contributed by atoms with Gasteiger partial charge >= 0.3 is 0 Å². The van der Waals surface area contributed by atoms with Crippen molar-refractivity contribution in [3.05, 3.63) is 42.9 Å². The van der Waals surface area contributed by atoms with Crippen molar-refractivity contribution in [1.82, 2.24) is 9.38 Å². The average Bonchev–Trinajstić information content (AvgIpc) is 2.96. The minimum atomic E-state index is 0.766. The first-order chi connectivity index (χ1) is 7.86. The lowest BCUT2D eigenvalue weighted by Crippen LogP contribution is -1.86. The summed E-state index contributed by atoms with van der Waals surface area (Å²) in [6.07, 6.45) is 5.44. The summed E-state index contributed by atoms with van der Waals surface area (Å²) in [7, 11) is 1.64. The zero-order valence-electron chi connectivity index (χ0n) is 8.75. The predicted molar refractivity (Wildman–Crippen MR) is 59.4 cm³/mol. The monoisotopic (exact) mass is 214 g/mol. The number of ether oxygens (including phenoxy) is 1. The maximum absolute atomic E-state index is 5.30. The van der Waals surface area contributed by atoms with E-state index in [-0.39, 0.29) is 0 Å². The van der Waals surface area contributed by atoms with Crippen molar-refractivity contribution in [1.29, 1.82) is 0 Å². The number of fused-ring (bicyclic) bond motifs is 1. The van der Waals surface area contributed by atoms with Crippen molar-refractivity contribution in [2.45, 2.75) is 0 Å². The van der Waals surface area contributed by atoms with Crippen molar-refractivity contribution in [2.75, 3.05) is 7.11 Å². The van der Waals surface area contributed by atoms with Gasteiger partial charge in [-0.3, -0.25) is 0 Å². The summed E-state index contributed by atoms with van der Waals surface area (Å²) in [6, 6.07) is 7.53. The summed E-state index contributed by atoms with van der Waals surface area (Å²) in [5, 5.41) is 0. The largest absolute Gasteiger partial charge is 0.495 e. The fourth-order valence-electron chi connectivity index (χ4n) is 1.64. The van der Waals surface area contributed by atoms with Gasteiger partial charge in [0.25, 0.3) is 0 Å². The van der Waals surface area contributed by atoms with Crippen LogP contribution in [0.15, 0.2) is 47.3 Å². The summed E-state index contributed by atoms with van der Waals surface area (Å²) in [5.74, 6) is 1.57. The molecule has 3 heterocycles. The SMILES string of the molecule is COc1ccc2nc(-c3ccco3)cn2c1. The number of methoxy groups -OCH3 is 1. The Bertz CT molecular complexity index is 611.